The van der Waals surface area contributed by atoms with Gasteiger partial charge in [-0.15, -0.1) is 0 Å². The number of benzene rings is 3. The molecule has 1 aliphatic rings. The van der Waals surface area contributed by atoms with E-state index in [1.54, 1.807) is 0 Å². The van der Waals surface area contributed by atoms with Crippen LogP contribution >= 0.6 is 0 Å². The summed E-state index contributed by atoms with van der Waals surface area (Å²) in [6, 6.07) is 24.6. The molecule has 2 heteroatoms. The zero-order valence-corrected chi connectivity index (χ0v) is 14.7. The summed E-state index contributed by atoms with van der Waals surface area (Å²) >= 11 is 0. The molecule has 0 aliphatic carbocycles. The highest BCUT2D eigenvalue weighted by Crippen LogP contribution is 2.22. The number of fused-ring (bicyclic) bond motifs is 1. The Bertz CT molecular complexity index is 850. The largest absolute Gasteiger partial charge is 0.326 e. The summed E-state index contributed by atoms with van der Waals surface area (Å²) in [7, 11) is 0. The maximum atomic E-state index is 6.06. The van der Waals surface area contributed by atoms with E-state index in [1.165, 1.54) is 27.5 Å². The molecule has 0 radical (unpaired) electrons. The summed E-state index contributed by atoms with van der Waals surface area (Å²) in [5.74, 6) is 0. The monoisotopic (exact) mass is 330 g/mol. The van der Waals surface area contributed by atoms with Crippen molar-refractivity contribution in [2.75, 3.05) is 13.1 Å². The summed E-state index contributed by atoms with van der Waals surface area (Å²) in [6.45, 7) is 3.18. The van der Waals surface area contributed by atoms with Crippen molar-refractivity contribution < 1.29 is 0 Å². The summed E-state index contributed by atoms with van der Waals surface area (Å²) in [5.41, 5.74) is 10.4. The minimum Gasteiger partial charge on any atom is -0.326 e. The molecule has 0 aromatic heterocycles. The molecule has 1 aliphatic heterocycles. The van der Waals surface area contributed by atoms with Crippen molar-refractivity contribution in [3.05, 3.63) is 83.4 Å². The van der Waals surface area contributed by atoms with Gasteiger partial charge in [0.05, 0.1) is 0 Å². The van der Waals surface area contributed by atoms with Crippen LogP contribution in [0.15, 0.2) is 66.7 Å². The smallest absolute Gasteiger partial charge is 0.0237 e. The lowest BCUT2D eigenvalue weighted by atomic mass is 9.96. The van der Waals surface area contributed by atoms with Gasteiger partial charge in [0.2, 0.25) is 0 Å². The van der Waals surface area contributed by atoms with Gasteiger partial charge in [-0.3, -0.25) is 4.90 Å². The molecule has 4 rings (SSSR count). The predicted molar refractivity (Wildman–Crippen MR) is 106 cm³/mol. The third-order valence-corrected chi connectivity index (χ3v) is 5.36. The third kappa shape index (κ3) is 3.76. The van der Waals surface area contributed by atoms with E-state index in [9.17, 15) is 0 Å². The van der Waals surface area contributed by atoms with E-state index in [-0.39, 0.29) is 0 Å². The van der Waals surface area contributed by atoms with Gasteiger partial charge in [0.1, 0.15) is 0 Å². The van der Waals surface area contributed by atoms with Gasteiger partial charge in [-0.1, -0.05) is 66.7 Å². The first-order chi connectivity index (χ1) is 12.3. The Labute approximate surface area is 150 Å². The molecule has 1 atom stereocenters. The van der Waals surface area contributed by atoms with Crippen LogP contribution in [0.1, 0.15) is 23.1 Å². The maximum Gasteiger partial charge on any atom is 0.0237 e. The minimum atomic E-state index is 0.350. The first kappa shape index (κ1) is 16.3. The Balaban J connectivity index is 1.51. The topological polar surface area (TPSA) is 29.3 Å². The highest BCUT2D eigenvalue weighted by molar-refractivity contribution is 5.85. The zero-order chi connectivity index (χ0) is 17.1. The molecule has 0 spiro atoms. The van der Waals surface area contributed by atoms with Crippen LogP contribution in [0.5, 0.6) is 0 Å². The molecule has 2 N–H and O–H groups in total. The molecule has 1 fully saturated rings. The fourth-order valence-corrected chi connectivity index (χ4v) is 3.98. The first-order valence-corrected chi connectivity index (χ1v) is 9.31. The number of rotatable bonds is 5. The van der Waals surface area contributed by atoms with Crippen LogP contribution in [-0.2, 0) is 19.4 Å². The minimum absolute atomic E-state index is 0.350. The van der Waals surface area contributed by atoms with Crippen LogP contribution in [0.2, 0.25) is 0 Å². The molecule has 0 saturated carbocycles. The second kappa shape index (κ2) is 7.38. The van der Waals surface area contributed by atoms with E-state index in [1.807, 2.05) is 0 Å². The molecule has 1 unspecified atom stereocenters. The van der Waals surface area contributed by atoms with E-state index in [0.717, 1.165) is 38.9 Å². The maximum absolute atomic E-state index is 6.06. The fraction of sp³-hybridized carbons (Fsp3) is 0.304. The lowest BCUT2D eigenvalue weighted by Gasteiger charge is -2.18. The van der Waals surface area contributed by atoms with Crippen LogP contribution in [0.4, 0.5) is 0 Å². The predicted octanol–water partition coefficient (Wildman–Crippen LogP) is 4.16. The Morgan fingerprint density at radius 2 is 1.48 bits per heavy atom. The Morgan fingerprint density at radius 3 is 2.32 bits per heavy atom. The van der Waals surface area contributed by atoms with E-state index in [2.05, 4.69) is 71.6 Å². The molecular formula is C23H26N2. The molecule has 1 heterocycles. The van der Waals surface area contributed by atoms with Crippen LogP contribution in [0.3, 0.4) is 0 Å². The van der Waals surface area contributed by atoms with Crippen LogP contribution in [-0.4, -0.2) is 24.0 Å². The van der Waals surface area contributed by atoms with Crippen molar-refractivity contribution >= 4 is 10.8 Å². The Morgan fingerprint density at radius 1 is 0.800 bits per heavy atom. The molecular weight excluding hydrogens is 304 g/mol. The van der Waals surface area contributed by atoms with Gasteiger partial charge in [-0.2, -0.15) is 0 Å². The Kier molecular flexibility index (Phi) is 4.82. The van der Waals surface area contributed by atoms with E-state index in [4.69, 9.17) is 5.73 Å². The van der Waals surface area contributed by atoms with Gasteiger partial charge < -0.3 is 5.73 Å². The van der Waals surface area contributed by atoms with Crippen molar-refractivity contribution in [1.29, 1.82) is 0 Å². The van der Waals surface area contributed by atoms with Gasteiger partial charge in [0, 0.05) is 25.7 Å². The lowest BCUT2D eigenvalue weighted by Crippen LogP contribution is -2.26. The van der Waals surface area contributed by atoms with Crippen LogP contribution in [0.25, 0.3) is 10.8 Å². The average molecular weight is 330 g/mol. The van der Waals surface area contributed by atoms with Crippen molar-refractivity contribution in [2.24, 2.45) is 5.73 Å². The van der Waals surface area contributed by atoms with Crippen molar-refractivity contribution in [3.8, 4) is 0 Å². The molecule has 2 nitrogen and oxygen atoms in total. The SMILES string of the molecule is NC1CCN(Cc2ccccc2CCc2cccc3ccccc23)C1. The molecule has 25 heavy (non-hydrogen) atoms. The van der Waals surface area contributed by atoms with Crippen LogP contribution < -0.4 is 5.73 Å². The van der Waals surface area contributed by atoms with Crippen molar-refractivity contribution in [3.63, 3.8) is 0 Å². The highest BCUT2D eigenvalue weighted by Gasteiger charge is 2.19. The molecule has 0 bridgehead atoms. The first-order valence-electron chi connectivity index (χ1n) is 9.31. The molecule has 3 aromatic rings. The number of likely N-dealkylation sites (tertiary alicyclic amines) is 1. The van der Waals surface area contributed by atoms with Crippen LogP contribution in [0, 0.1) is 0 Å². The summed E-state index contributed by atoms with van der Waals surface area (Å²) in [4.78, 5) is 2.49. The number of nitrogens with two attached hydrogens (primary N) is 1. The van der Waals surface area contributed by atoms with E-state index < -0.39 is 0 Å². The number of aryl methyl sites for hydroxylation is 2. The van der Waals surface area contributed by atoms with E-state index >= 15 is 0 Å². The van der Waals surface area contributed by atoms with Gasteiger partial charge in [-0.05, 0) is 46.7 Å². The number of nitrogens with zero attached hydrogens (tertiary/aromatic N) is 1. The summed E-state index contributed by atoms with van der Waals surface area (Å²) in [6.07, 6.45) is 3.29. The van der Waals surface area contributed by atoms with Gasteiger partial charge in [0.15, 0.2) is 0 Å². The summed E-state index contributed by atoms with van der Waals surface area (Å²) in [5, 5.41) is 2.72. The quantitative estimate of drug-likeness (QED) is 0.761. The highest BCUT2D eigenvalue weighted by atomic mass is 15.2. The van der Waals surface area contributed by atoms with Crippen molar-refractivity contribution in [1.82, 2.24) is 4.90 Å². The Hall–Kier alpha value is -2.16. The molecule has 128 valence electrons. The molecule has 3 aromatic carbocycles. The standard InChI is InChI=1S/C23H26N2/c24-22-14-15-25(17-22)16-21-8-2-1-6-18(21)12-13-20-10-5-9-19-7-3-4-11-23(19)20/h1-11,22H,12-17,24H2. The number of hydrogen-bond acceptors (Lipinski definition) is 2. The zero-order valence-electron chi connectivity index (χ0n) is 14.7. The molecule has 0 amide bonds. The molecule has 1 saturated heterocycles. The lowest BCUT2D eigenvalue weighted by molar-refractivity contribution is 0.326. The number of hydrogen-bond donors (Lipinski definition) is 1. The third-order valence-electron chi connectivity index (χ3n) is 5.36. The van der Waals surface area contributed by atoms with Gasteiger partial charge >= 0.3 is 0 Å². The van der Waals surface area contributed by atoms with Gasteiger partial charge in [-0.25, -0.2) is 0 Å². The average Bonchev–Trinajstić information content (AvgIpc) is 3.06. The summed E-state index contributed by atoms with van der Waals surface area (Å²) < 4.78 is 0. The second-order valence-electron chi connectivity index (χ2n) is 7.19. The normalized spacial score (nSPS) is 18.0. The van der Waals surface area contributed by atoms with E-state index in [0.29, 0.717) is 6.04 Å². The second-order valence-corrected chi connectivity index (χ2v) is 7.19. The van der Waals surface area contributed by atoms with Crippen molar-refractivity contribution in [2.45, 2.75) is 31.8 Å². The van der Waals surface area contributed by atoms with Gasteiger partial charge in [0.25, 0.3) is 0 Å². The fourth-order valence-electron chi connectivity index (χ4n) is 3.98.